The van der Waals surface area contributed by atoms with Gasteiger partial charge in [-0.05, 0) is 18.6 Å². The predicted molar refractivity (Wildman–Crippen MR) is 69.3 cm³/mol. The minimum Gasteiger partial charge on any atom is -0.496 e. The van der Waals surface area contributed by atoms with E-state index in [2.05, 4.69) is 36.5 Å². The van der Waals surface area contributed by atoms with Gasteiger partial charge in [0.2, 0.25) is 0 Å². The summed E-state index contributed by atoms with van der Waals surface area (Å²) in [5.74, 6) is 0.928. The van der Waals surface area contributed by atoms with Crippen molar-refractivity contribution < 1.29 is 4.74 Å². The molecule has 0 spiro atoms. The quantitative estimate of drug-likeness (QED) is 0.840. The number of hydrogen-bond donors (Lipinski definition) is 1. The molecule has 0 aliphatic heterocycles. The number of nitrogens with one attached hydrogen (secondary N) is 1. The Morgan fingerprint density at radius 1 is 1.06 bits per heavy atom. The van der Waals surface area contributed by atoms with Crippen LogP contribution in [0.5, 0.6) is 5.75 Å². The molecule has 0 saturated carbocycles. The molecule has 0 aliphatic rings. The smallest absolute Gasteiger partial charge is 0.126 e. The summed E-state index contributed by atoms with van der Waals surface area (Å²) in [4.78, 5) is 0. The van der Waals surface area contributed by atoms with Gasteiger partial charge in [0.15, 0.2) is 0 Å². The van der Waals surface area contributed by atoms with Crippen LogP contribution in [-0.2, 0) is 0 Å². The molecule has 2 nitrogen and oxygen atoms in total. The summed E-state index contributed by atoms with van der Waals surface area (Å²) in [5, 5.41) is 5.81. The topological polar surface area (TPSA) is 21.3 Å². The fourth-order valence-corrected chi connectivity index (χ4v) is 1.86. The number of fused-ring (bicyclic) bond motifs is 1. The lowest BCUT2D eigenvalue weighted by molar-refractivity contribution is 0.420. The van der Waals surface area contributed by atoms with Gasteiger partial charge in [0.25, 0.3) is 0 Å². The van der Waals surface area contributed by atoms with Crippen LogP contribution in [0, 0.1) is 0 Å². The van der Waals surface area contributed by atoms with Crippen LogP contribution < -0.4 is 10.1 Å². The molecule has 2 heteroatoms. The van der Waals surface area contributed by atoms with Gasteiger partial charge in [-0.15, -0.1) is 0 Å². The Labute approximate surface area is 96.2 Å². The van der Waals surface area contributed by atoms with E-state index < -0.39 is 0 Å². The van der Waals surface area contributed by atoms with Crippen molar-refractivity contribution in [3.8, 4) is 5.75 Å². The second-order valence-electron chi connectivity index (χ2n) is 3.79. The van der Waals surface area contributed by atoms with E-state index >= 15 is 0 Å². The highest BCUT2D eigenvalue weighted by molar-refractivity contribution is 5.97. The number of methoxy groups -OCH3 is 1. The van der Waals surface area contributed by atoms with Crippen molar-refractivity contribution in [3.05, 3.63) is 36.4 Å². The summed E-state index contributed by atoms with van der Waals surface area (Å²) in [7, 11) is 1.71. The third-order valence-corrected chi connectivity index (χ3v) is 2.67. The van der Waals surface area contributed by atoms with Crippen LogP contribution in [0.15, 0.2) is 36.4 Å². The first-order valence-electron chi connectivity index (χ1n) is 5.66. The van der Waals surface area contributed by atoms with Gasteiger partial charge in [0.05, 0.1) is 7.11 Å². The predicted octanol–water partition coefficient (Wildman–Crippen LogP) is 3.67. The van der Waals surface area contributed by atoms with Gasteiger partial charge in [-0.1, -0.05) is 31.2 Å². The van der Waals surface area contributed by atoms with Crippen molar-refractivity contribution in [2.24, 2.45) is 0 Å². The van der Waals surface area contributed by atoms with Crippen LogP contribution >= 0.6 is 0 Å². The minimum atomic E-state index is 0.928. The van der Waals surface area contributed by atoms with Crippen molar-refractivity contribution in [3.63, 3.8) is 0 Å². The maximum atomic E-state index is 5.36. The Morgan fingerprint density at radius 2 is 1.81 bits per heavy atom. The van der Waals surface area contributed by atoms with Crippen molar-refractivity contribution >= 4 is 16.5 Å². The van der Waals surface area contributed by atoms with Crippen LogP contribution in [0.3, 0.4) is 0 Å². The molecule has 0 fully saturated rings. The second-order valence-corrected chi connectivity index (χ2v) is 3.79. The minimum absolute atomic E-state index is 0.928. The molecule has 84 valence electrons. The van der Waals surface area contributed by atoms with Gasteiger partial charge < -0.3 is 10.1 Å². The van der Waals surface area contributed by atoms with E-state index in [0.717, 1.165) is 24.1 Å². The summed E-state index contributed by atoms with van der Waals surface area (Å²) < 4.78 is 5.36. The average molecular weight is 215 g/mol. The number of anilines is 1. The summed E-state index contributed by atoms with van der Waals surface area (Å²) in [5.41, 5.74) is 1.18. The molecule has 2 rings (SSSR count). The van der Waals surface area contributed by atoms with Gasteiger partial charge in [0, 0.05) is 23.0 Å². The van der Waals surface area contributed by atoms with Crippen molar-refractivity contribution in [2.45, 2.75) is 13.3 Å². The number of ether oxygens (including phenoxy) is 1. The van der Waals surface area contributed by atoms with Gasteiger partial charge >= 0.3 is 0 Å². The van der Waals surface area contributed by atoms with Crippen LogP contribution in [0.2, 0.25) is 0 Å². The van der Waals surface area contributed by atoms with Gasteiger partial charge in [-0.25, -0.2) is 0 Å². The summed E-state index contributed by atoms with van der Waals surface area (Å²) in [6.07, 6.45) is 1.13. The monoisotopic (exact) mass is 215 g/mol. The largest absolute Gasteiger partial charge is 0.496 e. The van der Waals surface area contributed by atoms with E-state index in [-0.39, 0.29) is 0 Å². The SMILES string of the molecule is CCCNc1ccc(OC)c2ccccc12. The van der Waals surface area contributed by atoms with Crippen LogP contribution in [0.4, 0.5) is 5.69 Å². The normalized spacial score (nSPS) is 10.4. The second kappa shape index (κ2) is 4.88. The molecule has 2 aromatic carbocycles. The van der Waals surface area contributed by atoms with E-state index in [0.29, 0.717) is 0 Å². The van der Waals surface area contributed by atoms with Crippen LogP contribution in [-0.4, -0.2) is 13.7 Å². The van der Waals surface area contributed by atoms with E-state index in [9.17, 15) is 0 Å². The van der Waals surface area contributed by atoms with E-state index in [1.165, 1.54) is 11.1 Å². The zero-order valence-corrected chi connectivity index (χ0v) is 9.79. The first-order chi connectivity index (χ1) is 7.86. The zero-order valence-electron chi connectivity index (χ0n) is 9.79. The van der Waals surface area contributed by atoms with Crippen molar-refractivity contribution in [1.82, 2.24) is 0 Å². The fourth-order valence-electron chi connectivity index (χ4n) is 1.86. The highest BCUT2D eigenvalue weighted by Crippen LogP contribution is 2.31. The number of rotatable bonds is 4. The Balaban J connectivity index is 2.51. The van der Waals surface area contributed by atoms with Crippen LogP contribution in [0.25, 0.3) is 10.8 Å². The lowest BCUT2D eigenvalue weighted by atomic mass is 10.1. The molecule has 0 aliphatic carbocycles. The lowest BCUT2D eigenvalue weighted by Crippen LogP contribution is -2.00. The highest BCUT2D eigenvalue weighted by atomic mass is 16.5. The molecule has 16 heavy (non-hydrogen) atoms. The molecule has 0 saturated heterocycles. The van der Waals surface area contributed by atoms with Crippen molar-refractivity contribution in [2.75, 3.05) is 19.0 Å². The summed E-state index contributed by atoms with van der Waals surface area (Å²) in [6, 6.07) is 12.4. The molecule has 0 atom stereocenters. The molecule has 2 aromatic rings. The van der Waals surface area contributed by atoms with Crippen molar-refractivity contribution in [1.29, 1.82) is 0 Å². The molecule has 1 N–H and O–H groups in total. The molecule has 0 heterocycles. The first-order valence-corrected chi connectivity index (χ1v) is 5.66. The molecule has 0 bridgehead atoms. The Morgan fingerprint density at radius 3 is 2.50 bits per heavy atom. The Hall–Kier alpha value is -1.70. The third kappa shape index (κ3) is 1.96. The molecule has 0 amide bonds. The maximum Gasteiger partial charge on any atom is 0.126 e. The molecule has 0 radical (unpaired) electrons. The fraction of sp³-hybridized carbons (Fsp3) is 0.286. The summed E-state index contributed by atoms with van der Waals surface area (Å²) >= 11 is 0. The average Bonchev–Trinajstić information content (AvgIpc) is 2.36. The number of hydrogen-bond acceptors (Lipinski definition) is 2. The zero-order chi connectivity index (χ0) is 11.4. The molecule has 0 aromatic heterocycles. The number of benzene rings is 2. The molecular formula is C14H17NO. The Kier molecular flexibility index (Phi) is 3.30. The van der Waals surface area contributed by atoms with Gasteiger partial charge in [-0.2, -0.15) is 0 Å². The summed E-state index contributed by atoms with van der Waals surface area (Å²) in [6.45, 7) is 3.16. The molecule has 0 unspecified atom stereocenters. The van der Waals surface area contributed by atoms with E-state index in [1.54, 1.807) is 7.11 Å². The highest BCUT2D eigenvalue weighted by Gasteiger charge is 2.04. The lowest BCUT2D eigenvalue weighted by Gasteiger charge is -2.11. The van der Waals surface area contributed by atoms with Crippen LogP contribution in [0.1, 0.15) is 13.3 Å². The standard InChI is InChI=1S/C14H17NO/c1-3-10-15-13-8-9-14(16-2)12-7-5-4-6-11(12)13/h4-9,15H,3,10H2,1-2H3. The van der Waals surface area contributed by atoms with E-state index in [4.69, 9.17) is 4.74 Å². The first kappa shape index (κ1) is 10.8. The van der Waals surface area contributed by atoms with Gasteiger partial charge in [0.1, 0.15) is 5.75 Å². The molecular weight excluding hydrogens is 198 g/mol. The van der Waals surface area contributed by atoms with E-state index in [1.807, 2.05) is 12.1 Å². The Bertz CT molecular complexity index is 479. The maximum absolute atomic E-state index is 5.36. The third-order valence-electron chi connectivity index (χ3n) is 2.67. The van der Waals surface area contributed by atoms with Gasteiger partial charge in [-0.3, -0.25) is 0 Å².